The summed E-state index contributed by atoms with van der Waals surface area (Å²) in [4.78, 5) is 0. The standard InChI is InChI=1S/C19H28BrFN4O3Si/c1-11(2)29(12(3)4,13(5)6)27-10-17-18(25-28-24-17)19(23-26)22-14-7-8-16(21)15(20)9-14/h7-9,11-13,26H,10H2,1-6H3,(H,22,23). The van der Waals surface area contributed by atoms with Crippen LogP contribution >= 0.6 is 15.9 Å². The molecule has 1 heterocycles. The van der Waals surface area contributed by atoms with E-state index < -0.39 is 14.1 Å². The minimum atomic E-state index is -2.12. The summed E-state index contributed by atoms with van der Waals surface area (Å²) in [5, 5.41) is 23.5. The molecular weight excluding hydrogens is 459 g/mol. The predicted molar refractivity (Wildman–Crippen MR) is 116 cm³/mol. The summed E-state index contributed by atoms with van der Waals surface area (Å²) in [6.07, 6.45) is 0. The first kappa shape index (κ1) is 23.5. The van der Waals surface area contributed by atoms with Crippen LogP contribution in [0, 0.1) is 5.82 Å². The molecule has 10 heteroatoms. The Bertz CT molecular complexity index is 836. The molecule has 0 atom stereocenters. The van der Waals surface area contributed by atoms with E-state index in [2.05, 4.69) is 78.3 Å². The van der Waals surface area contributed by atoms with E-state index in [-0.39, 0.29) is 22.6 Å². The fourth-order valence-electron chi connectivity index (χ4n) is 4.02. The Morgan fingerprint density at radius 2 is 1.83 bits per heavy atom. The Kier molecular flexibility index (Phi) is 7.95. The average molecular weight is 487 g/mol. The number of rotatable bonds is 8. The second-order valence-corrected chi connectivity index (χ2v) is 14.2. The molecule has 0 bridgehead atoms. The highest BCUT2D eigenvalue weighted by molar-refractivity contribution is 9.10. The van der Waals surface area contributed by atoms with E-state index in [1.165, 1.54) is 18.2 Å². The fraction of sp³-hybridized carbons (Fsp3) is 0.526. The number of halogens is 2. The molecular formula is C19H28BrFN4O3Si. The number of oxime groups is 1. The van der Waals surface area contributed by atoms with Crippen LogP contribution in [-0.4, -0.2) is 29.7 Å². The average Bonchev–Trinajstić information content (AvgIpc) is 3.10. The lowest BCUT2D eigenvalue weighted by atomic mass is 10.2. The molecule has 0 saturated heterocycles. The normalized spacial score (nSPS) is 13.0. The number of anilines is 1. The summed E-state index contributed by atoms with van der Waals surface area (Å²) in [6, 6.07) is 4.34. The van der Waals surface area contributed by atoms with Crippen molar-refractivity contribution in [1.29, 1.82) is 0 Å². The van der Waals surface area contributed by atoms with E-state index in [1.54, 1.807) is 0 Å². The van der Waals surface area contributed by atoms with Gasteiger partial charge in [-0.15, -0.1) is 0 Å². The molecule has 29 heavy (non-hydrogen) atoms. The largest absolute Gasteiger partial charge is 0.410 e. The first-order chi connectivity index (χ1) is 13.6. The van der Waals surface area contributed by atoms with Crippen molar-refractivity contribution >= 4 is 35.8 Å². The maximum atomic E-state index is 13.5. The highest BCUT2D eigenvalue weighted by Gasteiger charge is 2.45. The van der Waals surface area contributed by atoms with Crippen LogP contribution < -0.4 is 5.32 Å². The van der Waals surface area contributed by atoms with Gasteiger partial charge in [-0.1, -0.05) is 51.9 Å². The molecule has 0 unspecified atom stereocenters. The lowest BCUT2D eigenvalue weighted by Crippen LogP contribution is -2.47. The van der Waals surface area contributed by atoms with Gasteiger partial charge in [-0.25, -0.2) is 9.02 Å². The van der Waals surface area contributed by atoms with Crippen LogP contribution in [0.4, 0.5) is 10.1 Å². The highest BCUT2D eigenvalue weighted by Crippen LogP contribution is 2.42. The number of nitrogens with one attached hydrogen (secondary N) is 1. The molecule has 0 amide bonds. The Labute approximate surface area is 179 Å². The predicted octanol–water partition coefficient (Wildman–Crippen LogP) is 5.91. The molecule has 160 valence electrons. The van der Waals surface area contributed by atoms with Gasteiger partial charge in [-0.3, -0.25) is 0 Å². The molecule has 2 N–H and O–H groups in total. The molecule has 1 aromatic carbocycles. The summed E-state index contributed by atoms with van der Waals surface area (Å²) in [6.45, 7) is 13.4. The summed E-state index contributed by atoms with van der Waals surface area (Å²) < 4.78 is 25.2. The number of aromatic nitrogens is 2. The van der Waals surface area contributed by atoms with E-state index >= 15 is 0 Å². The van der Waals surface area contributed by atoms with Crippen LogP contribution in [0.15, 0.2) is 32.5 Å². The topological polar surface area (TPSA) is 92.8 Å². The van der Waals surface area contributed by atoms with Crippen molar-refractivity contribution < 1.29 is 18.7 Å². The molecule has 0 spiro atoms. The summed E-state index contributed by atoms with van der Waals surface area (Å²) in [5.74, 6) is -0.359. The van der Waals surface area contributed by atoms with Gasteiger partial charge in [0.05, 0.1) is 11.1 Å². The quantitative estimate of drug-likeness (QED) is 0.158. The molecule has 2 aromatic rings. The second-order valence-electron chi connectivity index (χ2n) is 7.87. The monoisotopic (exact) mass is 486 g/mol. The Balaban J connectivity index is 2.25. The molecule has 0 aliphatic heterocycles. The van der Waals surface area contributed by atoms with Gasteiger partial charge >= 0.3 is 0 Å². The van der Waals surface area contributed by atoms with Crippen LogP contribution in [-0.2, 0) is 11.0 Å². The van der Waals surface area contributed by atoms with Crippen molar-refractivity contribution in [1.82, 2.24) is 10.3 Å². The summed E-state index contributed by atoms with van der Waals surface area (Å²) in [7, 11) is -2.12. The van der Waals surface area contributed by atoms with Gasteiger partial charge in [0.2, 0.25) is 14.2 Å². The molecule has 0 aliphatic rings. The van der Waals surface area contributed by atoms with Crippen molar-refractivity contribution in [2.75, 3.05) is 5.32 Å². The Morgan fingerprint density at radius 1 is 1.21 bits per heavy atom. The lowest BCUT2D eigenvalue weighted by molar-refractivity contribution is 0.246. The third-order valence-corrected chi connectivity index (χ3v) is 11.9. The number of amidine groups is 1. The number of benzene rings is 1. The van der Waals surface area contributed by atoms with Gasteiger partial charge < -0.3 is 15.0 Å². The van der Waals surface area contributed by atoms with Gasteiger partial charge in [0.15, 0.2) is 5.69 Å². The maximum Gasteiger partial charge on any atom is 0.201 e. The van der Waals surface area contributed by atoms with Gasteiger partial charge in [-0.05, 0) is 55.9 Å². The SMILES string of the molecule is CC(C)[Si](OCc1nonc1C(=NO)Nc1ccc(F)c(Br)c1)(C(C)C)C(C)C. The molecule has 0 fully saturated rings. The molecule has 0 aliphatic carbocycles. The zero-order chi connectivity index (χ0) is 21.8. The molecule has 2 rings (SSSR count). The molecule has 0 radical (unpaired) electrons. The number of nitrogens with zero attached hydrogens (tertiary/aromatic N) is 3. The maximum absolute atomic E-state index is 13.5. The zero-order valence-electron chi connectivity index (χ0n) is 17.5. The Morgan fingerprint density at radius 3 is 2.34 bits per heavy atom. The van der Waals surface area contributed by atoms with Crippen molar-refractivity contribution in [3.8, 4) is 0 Å². The third-order valence-electron chi connectivity index (χ3n) is 5.23. The van der Waals surface area contributed by atoms with E-state index in [4.69, 9.17) is 9.06 Å². The third kappa shape index (κ3) is 5.04. The molecule has 1 aromatic heterocycles. The minimum absolute atomic E-state index is 0.0364. The van der Waals surface area contributed by atoms with Gasteiger partial charge in [-0.2, -0.15) is 0 Å². The smallest absolute Gasteiger partial charge is 0.201 e. The van der Waals surface area contributed by atoms with E-state index in [1.807, 2.05) is 0 Å². The van der Waals surface area contributed by atoms with Crippen LogP contribution in [0.5, 0.6) is 0 Å². The van der Waals surface area contributed by atoms with Crippen molar-refractivity contribution in [2.24, 2.45) is 5.16 Å². The summed E-state index contributed by atoms with van der Waals surface area (Å²) >= 11 is 3.13. The summed E-state index contributed by atoms with van der Waals surface area (Å²) in [5.41, 5.74) is 2.41. The van der Waals surface area contributed by atoms with Crippen LogP contribution in [0.3, 0.4) is 0 Å². The van der Waals surface area contributed by atoms with Crippen molar-refractivity contribution in [3.05, 3.63) is 39.9 Å². The first-order valence-electron chi connectivity index (χ1n) is 9.53. The van der Waals surface area contributed by atoms with E-state index in [9.17, 15) is 9.60 Å². The fourth-order valence-corrected chi connectivity index (χ4v) is 9.78. The van der Waals surface area contributed by atoms with Crippen LogP contribution in [0.25, 0.3) is 0 Å². The van der Waals surface area contributed by atoms with Crippen LogP contribution in [0.1, 0.15) is 52.9 Å². The lowest BCUT2D eigenvalue weighted by Gasteiger charge is -2.41. The second kappa shape index (κ2) is 9.81. The highest BCUT2D eigenvalue weighted by atomic mass is 79.9. The number of hydrogen-bond acceptors (Lipinski definition) is 6. The van der Waals surface area contributed by atoms with Gasteiger partial charge in [0.1, 0.15) is 11.5 Å². The Hall–Kier alpha value is -1.78. The van der Waals surface area contributed by atoms with Gasteiger partial charge in [0, 0.05) is 5.69 Å². The number of hydrogen-bond donors (Lipinski definition) is 2. The minimum Gasteiger partial charge on any atom is -0.410 e. The van der Waals surface area contributed by atoms with Gasteiger partial charge in [0.25, 0.3) is 0 Å². The van der Waals surface area contributed by atoms with Crippen molar-refractivity contribution in [3.63, 3.8) is 0 Å². The first-order valence-corrected chi connectivity index (χ1v) is 12.5. The van der Waals surface area contributed by atoms with E-state index in [0.29, 0.717) is 28.0 Å². The molecule has 7 nitrogen and oxygen atoms in total. The zero-order valence-corrected chi connectivity index (χ0v) is 20.1. The van der Waals surface area contributed by atoms with Crippen molar-refractivity contribution in [2.45, 2.75) is 64.8 Å². The molecule has 0 saturated carbocycles. The van der Waals surface area contributed by atoms with E-state index in [0.717, 1.165) is 0 Å². The van der Waals surface area contributed by atoms with Crippen LogP contribution in [0.2, 0.25) is 16.6 Å².